The Morgan fingerprint density at radius 3 is 2.48 bits per heavy atom. The molecule has 0 atom stereocenters. The first-order chi connectivity index (χ1) is 15.6. The molecule has 0 aliphatic heterocycles. The number of sulfone groups is 1. The summed E-state index contributed by atoms with van der Waals surface area (Å²) in [5.74, 6) is -1.63. The van der Waals surface area contributed by atoms with Gasteiger partial charge in [0.15, 0.2) is 15.8 Å². The second-order valence-electron chi connectivity index (χ2n) is 7.44. The predicted octanol–water partition coefficient (Wildman–Crippen LogP) is 2.71. The lowest BCUT2D eigenvalue weighted by Crippen LogP contribution is -2.22. The monoisotopic (exact) mass is 536 g/mol. The lowest BCUT2D eigenvalue weighted by molar-refractivity contribution is 0.0527. The molecule has 0 aliphatic rings. The molecule has 1 heterocycles. The van der Waals surface area contributed by atoms with Crippen LogP contribution >= 0.6 is 15.9 Å². The number of aliphatic imine (C=N–C) groups is 1. The van der Waals surface area contributed by atoms with Crippen LogP contribution in [0, 0.1) is 0 Å². The second kappa shape index (κ2) is 9.84. The van der Waals surface area contributed by atoms with Gasteiger partial charge in [0, 0.05) is 23.7 Å². The number of ether oxygens (including phenoxy) is 1. The number of nitrogens with zero attached hydrogens (tertiary/aromatic N) is 2. The van der Waals surface area contributed by atoms with Crippen LogP contribution < -0.4 is 11.5 Å². The fourth-order valence-electron chi connectivity index (χ4n) is 3.68. The van der Waals surface area contributed by atoms with Gasteiger partial charge in [-0.15, -0.1) is 0 Å². The molecule has 0 saturated carbocycles. The van der Waals surface area contributed by atoms with E-state index in [-0.39, 0.29) is 47.4 Å². The molecule has 3 rings (SSSR count). The van der Waals surface area contributed by atoms with Crippen LogP contribution in [-0.2, 0) is 39.7 Å². The molecule has 2 aromatic carbocycles. The van der Waals surface area contributed by atoms with Gasteiger partial charge in [0.05, 0.1) is 40.2 Å². The lowest BCUT2D eigenvalue weighted by Gasteiger charge is -2.10. The zero-order valence-corrected chi connectivity index (χ0v) is 20.6. The van der Waals surface area contributed by atoms with E-state index in [1.807, 2.05) is 0 Å². The molecule has 0 radical (unpaired) electrons. The van der Waals surface area contributed by atoms with Crippen LogP contribution in [0.1, 0.15) is 34.1 Å². The molecule has 0 bridgehead atoms. The molecule has 1 aromatic heterocycles. The smallest absolute Gasteiger partial charge is 0.340 e. The molecular formula is C22H25BrN4O5S. The molecule has 3 aromatic rings. The number of fused-ring (bicyclic) bond motifs is 1. The average molecular weight is 537 g/mol. The van der Waals surface area contributed by atoms with Crippen molar-refractivity contribution in [3.8, 4) is 5.75 Å². The highest BCUT2D eigenvalue weighted by molar-refractivity contribution is 9.10. The fraction of sp³-hybridized carbons (Fsp3) is 0.273. The van der Waals surface area contributed by atoms with Crippen LogP contribution in [0.4, 0.5) is 0 Å². The lowest BCUT2D eigenvalue weighted by atomic mass is 10.0. The zero-order chi connectivity index (χ0) is 24.3. The Labute approximate surface area is 200 Å². The van der Waals surface area contributed by atoms with E-state index in [0.717, 1.165) is 0 Å². The number of aryl methyl sites for hydroxylation is 1. The summed E-state index contributed by atoms with van der Waals surface area (Å²) < 4.78 is 33.4. The number of benzene rings is 2. The van der Waals surface area contributed by atoms with Gasteiger partial charge in [-0.1, -0.05) is 30.3 Å². The number of guanidine groups is 1. The Morgan fingerprint density at radius 1 is 1.21 bits per heavy atom. The van der Waals surface area contributed by atoms with Gasteiger partial charge >= 0.3 is 5.97 Å². The first-order valence-corrected chi connectivity index (χ1v) is 12.7. The number of carbonyl (C=O) groups is 1. The number of aromatic nitrogens is 1. The first-order valence-electron chi connectivity index (χ1n) is 10.0. The highest BCUT2D eigenvalue weighted by atomic mass is 79.9. The largest absolute Gasteiger partial charge is 0.506 e. The number of hydrogen-bond acceptors (Lipinski definition) is 6. The third-order valence-corrected chi connectivity index (χ3v) is 7.21. The third kappa shape index (κ3) is 5.31. The maximum Gasteiger partial charge on any atom is 0.340 e. The van der Waals surface area contributed by atoms with Gasteiger partial charge in [-0.2, -0.15) is 0 Å². The Kier molecular flexibility index (Phi) is 7.33. The van der Waals surface area contributed by atoms with E-state index < -0.39 is 21.6 Å². The molecule has 0 amide bonds. The van der Waals surface area contributed by atoms with Gasteiger partial charge in [0.1, 0.15) is 5.75 Å². The fourth-order valence-corrected chi connectivity index (χ4v) is 5.70. The van der Waals surface area contributed by atoms with E-state index in [1.165, 1.54) is 0 Å². The summed E-state index contributed by atoms with van der Waals surface area (Å²) in [7, 11) is -2.00. The number of phenols is 1. The van der Waals surface area contributed by atoms with Crippen LogP contribution in [0.25, 0.3) is 10.9 Å². The minimum absolute atomic E-state index is 0.0644. The van der Waals surface area contributed by atoms with Crippen molar-refractivity contribution in [1.82, 2.24) is 4.57 Å². The molecular weight excluding hydrogens is 512 g/mol. The highest BCUT2D eigenvalue weighted by Crippen LogP contribution is 2.40. The Morgan fingerprint density at radius 2 is 1.88 bits per heavy atom. The standard InChI is InChI=1S/C22H25BrN4O5S/c1-3-32-21(29)19-17(12-33(30,31)11-13-7-5-4-6-8-13)27(2)16-9-15(23)20(28)14(18(16)19)10-26-22(24)25/h4-9,28H,3,10-12H2,1-2H3,(H4,24,25,26). The highest BCUT2D eigenvalue weighted by Gasteiger charge is 2.29. The molecule has 9 nitrogen and oxygen atoms in total. The molecule has 33 heavy (non-hydrogen) atoms. The number of esters is 1. The number of nitrogens with two attached hydrogens (primary N) is 2. The van der Waals surface area contributed by atoms with Gasteiger partial charge in [-0.3, -0.25) is 0 Å². The minimum atomic E-state index is -3.66. The molecule has 5 N–H and O–H groups in total. The summed E-state index contributed by atoms with van der Waals surface area (Å²) >= 11 is 3.31. The van der Waals surface area contributed by atoms with Crippen molar-refractivity contribution in [2.45, 2.75) is 25.0 Å². The van der Waals surface area contributed by atoms with Gasteiger partial charge in [0.25, 0.3) is 0 Å². The van der Waals surface area contributed by atoms with Crippen molar-refractivity contribution in [1.29, 1.82) is 0 Å². The molecule has 176 valence electrons. The normalized spacial score (nSPS) is 11.5. The van der Waals surface area contributed by atoms with Crippen LogP contribution in [0.2, 0.25) is 0 Å². The number of phenolic OH excluding ortho intramolecular Hbond substituents is 1. The van der Waals surface area contributed by atoms with Crippen LogP contribution in [0.15, 0.2) is 45.9 Å². The van der Waals surface area contributed by atoms with Crippen LogP contribution in [0.3, 0.4) is 0 Å². The maximum atomic E-state index is 13.1. The van der Waals surface area contributed by atoms with Crippen molar-refractivity contribution >= 4 is 48.6 Å². The second-order valence-corrected chi connectivity index (χ2v) is 10.4. The van der Waals surface area contributed by atoms with E-state index >= 15 is 0 Å². The maximum absolute atomic E-state index is 13.1. The SMILES string of the molecule is CCOC(=O)c1c(CS(=O)(=O)Cc2ccccc2)n(C)c2cc(Br)c(O)c(CN=C(N)N)c12. The van der Waals surface area contributed by atoms with Gasteiger partial charge < -0.3 is 25.9 Å². The number of aromatic hydroxyl groups is 1. The van der Waals surface area contributed by atoms with E-state index in [1.54, 1.807) is 54.9 Å². The summed E-state index contributed by atoms with van der Waals surface area (Å²) in [6.07, 6.45) is 0. The summed E-state index contributed by atoms with van der Waals surface area (Å²) in [4.78, 5) is 17.0. The van der Waals surface area contributed by atoms with Gasteiger partial charge in [0.2, 0.25) is 0 Å². The summed E-state index contributed by atoms with van der Waals surface area (Å²) in [6, 6.07) is 10.4. The zero-order valence-electron chi connectivity index (χ0n) is 18.2. The summed E-state index contributed by atoms with van der Waals surface area (Å²) in [5.41, 5.74) is 12.7. The van der Waals surface area contributed by atoms with Crippen molar-refractivity contribution in [2.75, 3.05) is 6.61 Å². The number of halogens is 1. The number of hydrogen-bond donors (Lipinski definition) is 3. The molecule has 0 unspecified atom stereocenters. The summed E-state index contributed by atoms with van der Waals surface area (Å²) in [5, 5.41) is 11.0. The Hall–Kier alpha value is -3.05. The first kappa shape index (κ1) is 24.6. The molecule has 0 spiro atoms. The number of carbonyl (C=O) groups excluding carboxylic acids is 1. The van der Waals surface area contributed by atoms with Crippen molar-refractivity contribution in [3.05, 3.63) is 63.3 Å². The topological polar surface area (TPSA) is 150 Å². The van der Waals surface area contributed by atoms with Gasteiger partial charge in [-0.25, -0.2) is 18.2 Å². The van der Waals surface area contributed by atoms with Crippen molar-refractivity contribution in [3.63, 3.8) is 0 Å². The average Bonchev–Trinajstić information content (AvgIpc) is 3.00. The van der Waals surface area contributed by atoms with Crippen molar-refractivity contribution in [2.24, 2.45) is 23.5 Å². The molecule has 0 aliphatic carbocycles. The van der Waals surface area contributed by atoms with Crippen molar-refractivity contribution < 1.29 is 23.1 Å². The quantitative estimate of drug-likeness (QED) is 0.227. The van der Waals surface area contributed by atoms with Gasteiger partial charge in [-0.05, 0) is 34.5 Å². The van der Waals surface area contributed by atoms with E-state index in [2.05, 4.69) is 20.9 Å². The Bertz CT molecular complexity index is 1330. The molecule has 0 fully saturated rings. The van der Waals surface area contributed by atoms with Crippen LogP contribution in [-0.4, -0.2) is 36.6 Å². The van der Waals surface area contributed by atoms with E-state index in [9.17, 15) is 18.3 Å². The minimum Gasteiger partial charge on any atom is -0.506 e. The van der Waals surface area contributed by atoms with E-state index in [4.69, 9.17) is 16.2 Å². The Balaban J connectivity index is 2.25. The summed E-state index contributed by atoms with van der Waals surface area (Å²) in [6.45, 7) is 1.64. The molecule has 0 saturated heterocycles. The van der Waals surface area contributed by atoms with E-state index in [0.29, 0.717) is 20.9 Å². The van der Waals surface area contributed by atoms with Crippen LogP contribution in [0.5, 0.6) is 5.75 Å². The predicted molar refractivity (Wildman–Crippen MR) is 131 cm³/mol. The third-order valence-electron chi connectivity index (χ3n) is 5.12. The molecule has 11 heteroatoms. The number of rotatable bonds is 8.